The Kier molecular flexibility index (Phi) is 16.8. The summed E-state index contributed by atoms with van der Waals surface area (Å²) in [5.41, 5.74) is 0. The molecule has 2 heteroatoms. The molecule has 0 aliphatic carbocycles. The van der Waals surface area contributed by atoms with E-state index < -0.39 is 0 Å². The Morgan fingerprint density at radius 1 is 1.50 bits per heavy atom. The fourth-order valence-corrected chi connectivity index (χ4v) is 1.06. The molecule has 0 aliphatic rings. The summed E-state index contributed by atoms with van der Waals surface area (Å²) in [4.78, 5) is 0. The average molecular weight is 295 g/mol. The van der Waals surface area contributed by atoms with Gasteiger partial charge in [-0.2, -0.15) is 0 Å². The van der Waals surface area contributed by atoms with E-state index in [1.54, 1.807) is 0 Å². The van der Waals surface area contributed by atoms with Gasteiger partial charge >= 0.3 is 27.3 Å². The van der Waals surface area contributed by atoms with E-state index in [0.29, 0.717) is 0 Å². The van der Waals surface area contributed by atoms with Gasteiger partial charge in [-0.1, -0.05) is 19.8 Å². The molecule has 0 heterocycles. The number of hydrogen-bond donors (Lipinski definition) is 0. The molecule has 0 fully saturated rings. The van der Waals surface area contributed by atoms with Gasteiger partial charge in [-0.25, -0.2) is 0 Å². The Labute approximate surface area is 68.3 Å². The zero-order valence-corrected chi connectivity index (χ0v) is 12.3. The van der Waals surface area contributed by atoms with Crippen molar-refractivity contribution < 1.29 is 0 Å². The van der Waals surface area contributed by atoms with Crippen molar-refractivity contribution in [2.45, 2.75) is 25.0 Å². The Morgan fingerprint density at radius 3 is 2.00 bits per heavy atom. The molecule has 0 aliphatic heterocycles. The monoisotopic (exact) mass is 296 g/mol. The van der Waals surface area contributed by atoms with E-state index in [-0.39, 0.29) is 27.3 Å². The van der Waals surface area contributed by atoms with Gasteiger partial charge in [0, 0.05) is 0 Å². The third-order valence-electron chi connectivity index (χ3n) is 0.707. The van der Waals surface area contributed by atoms with E-state index in [1.165, 1.54) is 34.4 Å². The maximum atomic E-state index is 2.23. The quantitative estimate of drug-likeness (QED) is 0.625. The van der Waals surface area contributed by atoms with Gasteiger partial charge in [0.1, 0.15) is 0 Å². The molecule has 0 aromatic rings. The van der Waals surface area contributed by atoms with Crippen LogP contribution in [-0.4, -0.2) is 43.6 Å². The second kappa shape index (κ2) is 9.68. The summed E-state index contributed by atoms with van der Waals surface area (Å²) in [6.07, 6.45) is 2.83. The van der Waals surface area contributed by atoms with Crippen molar-refractivity contribution in [1.82, 2.24) is 0 Å². The Bertz CT molecular complexity index is 15.0. The third-order valence-corrected chi connectivity index (χ3v) is 1.41. The van der Waals surface area contributed by atoms with Crippen molar-refractivity contribution in [1.29, 1.82) is 0 Å². The van der Waals surface area contributed by atoms with Crippen LogP contribution in [-0.2, 0) is 0 Å². The van der Waals surface area contributed by atoms with Crippen LogP contribution in [0, 0.1) is 0 Å². The summed E-state index contributed by atoms with van der Waals surface area (Å²) < 4.78 is 0. The van der Waals surface area contributed by atoms with Gasteiger partial charge in [-0.15, -0.1) is 5.28 Å². The molecular weight excluding hydrogens is 282 g/mol. The van der Waals surface area contributed by atoms with Crippen LogP contribution < -0.4 is 0 Å². The Hall–Kier alpha value is 1.45. The second-order valence-electron chi connectivity index (χ2n) is 1.35. The van der Waals surface area contributed by atoms with Crippen molar-refractivity contribution in [3.8, 4) is 0 Å². The molecule has 0 saturated carbocycles. The molecule has 0 N–H and O–H groups in total. The Morgan fingerprint density at radius 2 is 2.00 bits per heavy atom. The van der Waals surface area contributed by atoms with E-state index in [2.05, 4.69) is 6.92 Å². The molecule has 0 atom stereocenters. The summed E-state index contributed by atoms with van der Waals surface area (Å²) in [6, 6.07) is 0. The first-order valence-corrected chi connectivity index (χ1v) is 3.83. The van der Waals surface area contributed by atoms with E-state index in [9.17, 15) is 0 Å². The Balaban J connectivity index is 0. The molecule has 0 aromatic heterocycles. The van der Waals surface area contributed by atoms with Crippen molar-refractivity contribution in [2.24, 2.45) is 0 Å². The molecule has 0 aromatic carbocycles. The maximum absolute atomic E-state index is 2.23. The number of rotatable bonds is 2. The number of unbranched alkanes of at least 4 members (excludes halogenated alkanes) is 1. The zero-order chi connectivity index (χ0) is 4.12. The van der Waals surface area contributed by atoms with E-state index in [4.69, 9.17) is 0 Å². The summed E-state index contributed by atoms with van der Waals surface area (Å²) in [5, 5.41) is 1.48. The van der Waals surface area contributed by atoms with Crippen LogP contribution in [0.5, 0.6) is 0 Å². The molecule has 0 bridgehead atoms. The molecule has 0 saturated heterocycles. The van der Waals surface area contributed by atoms with Crippen LogP contribution in [0.1, 0.15) is 19.8 Å². The van der Waals surface area contributed by atoms with Crippen molar-refractivity contribution in [2.75, 3.05) is 0 Å². The van der Waals surface area contributed by atoms with Gasteiger partial charge in [-0.05, 0) is 0 Å². The van der Waals surface area contributed by atoms with Gasteiger partial charge < -0.3 is 0 Å². The SMILES string of the molecule is CCC[CH2][AlH2].[PbH2]. The van der Waals surface area contributed by atoms with Crippen LogP contribution in [0.25, 0.3) is 0 Å². The molecule has 36 valence electrons. The topological polar surface area (TPSA) is 0 Å². The summed E-state index contributed by atoms with van der Waals surface area (Å²) in [5.74, 6) is 0. The molecule has 0 rings (SSSR count). The van der Waals surface area contributed by atoms with Crippen LogP contribution in [0.4, 0.5) is 0 Å². The number of hydrogen-bond acceptors (Lipinski definition) is 0. The standard InChI is InChI=1S/C4H9.Al.Pb.4H/c1-3-4-2;;;;;;/h1,3-4H2,2H3;;;;;;. The fraction of sp³-hybridized carbons (Fsp3) is 1.00. The minimum absolute atomic E-state index is 0. The molecule has 2 radical (unpaired) electrons. The first kappa shape index (κ1) is 10.4. The predicted molar refractivity (Wildman–Crippen MR) is 36.8 cm³/mol. The van der Waals surface area contributed by atoms with Crippen LogP contribution in [0.2, 0.25) is 5.28 Å². The van der Waals surface area contributed by atoms with Crippen LogP contribution in [0.3, 0.4) is 0 Å². The third kappa shape index (κ3) is 9.07. The molecule has 0 unspecified atom stereocenters. The molecule has 6 heavy (non-hydrogen) atoms. The van der Waals surface area contributed by atoms with Gasteiger partial charge in [-0.3, -0.25) is 0 Å². The molecular formula is C4H13AlPb. The second-order valence-corrected chi connectivity index (χ2v) is 2.35. The molecule has 0 amide bonds. The molecule has 0 spiro atoms. The van der Waals surface area contributed by atoms with Gasteiger partial charge in [0.2, 0.25) is 16.3 Å². The fourth-order valence-electron chi connectivity index (χ4n) is 0.354. The normalized spacial score (nSPS) is 6.83. The predicted octanol–water partition coefficient (Wildman–Crippen LogP) is -0.0783. The summed E-state index contributed by atoms with van der Waals surface area (Å²) >= 11 is 1.40. The summed E-state index contributed by atoms with van der Waals surface area (Å²) in [6.45, 7) is 2.23. The van der Waals surface area contributed by atoms with Gasteiger partial charge in [0.25, 0.3) is 0 Å². The van der Waals surface area contributed by atoms with Crippen molar-refractivity contribution >= 4 is 43.6 Å². The van der Waals surface area contributed by atoms with E-state index >= 15 is 0 Å². The summed E-state index contributed by atoms with van der Waals surface area (Å²) in [7, 11) is 0. The van der Waals surface area contributed by atoms with Crippen molar-refractivity contribution in [3.05, 3.63) is 0 Å². The minimum atomic E-state index is 0. The van der Waals surface area contributed by atoms with Crippen LogP contribution >= 0.6 is 0 Å². The van der Waals surface area contributed by atoms with E-state index in [0.717, 1.165) is 0 Å². The van der Waals surface area contributed by atoms with Crippen LogP contribution in [0.15, 0.2) is 0 Å². The average Bonchev–Trinajstić information content (AvgIpc) is 1.41. The van der Waals surface area contributed by atoms with E-state index in [1.807, 2.05) is 0 Å². The van der Waals surface area contributed by atoms with Gasteiger partial charge in [0.15, 0.2) is 0 Å². The molecule has 0 nitrogen and oxygen atoms in total. The zero-order valence-electron chi connectivity index (χ0n) is 4.83. The van der Waals surface area contributed by atoms with Crippen molar-refractivity contribution in [3.63, 3.8) is 0 Å². The first-order chi connectivity index (χ1) is 2.41. The van der Waals surface area contributed by atoms with Gasteiger partial charge in [0.05, 0.1) is 0 Å². The first-order valence-electron chi connectivity index (χ1n) is 2.41.